The summed E-state index contributed by atoms with van der Waals surface area (Å²) in [6.07, 6.45) is -0.435. The largest absolute Gasteiger partial charge is 0.284 e. The van der Waals surface area contributed by atoms with Crippen LogP contribution >= 0.6 is 27.3 Å². The lowest BCUT2D eigenvalue weighted by Gasteiger charge is -2.30. The van der Waals surface area contributed by atoms with Gasteiger partial charge in [-0.1, -0.05) is 30.3 Å². The number of hydrogen-bond acceptors (Lipinski definition) is 4. The fourth-order valence-electron chi connectivity index (χ4n) is 2.66. The number of rotatable bonds is 3. The van der Waals surface area contributed by atoms with Crippen LogP contribution in [0, 0.1) is 0 Å². The zero-order valence-electron chi connectivity index (χ0n) is 11.4. The summed E-state index contributed by atoms with van der Waals surface area (Å²) in [5.74, 6) is -0.273. The molecule has 0 saturated carbocycles. The molecule has 1 aliphatic rings. The first-order valence-electron chi connectivity index (χ1n) is 6.63. The first-order valence-corrected chi connectivity index (χ1v) is 8.30. The molecule has 3 rings (SSSR count). The van der Waals surface area contributed by atoms with Crippen LogP contribution in [0.3, 0.4) is 0 Å². The van der Waals surface area contributed by atoms with Crippen LogP contribution in [0.15, 0.2) is 45.6 Å². The topological polar surface area (TPSA) is 43.8 Å². The summed E-state index contributed by atoms with van der Waals surface area (Å²) < 4.78 is 0.984. The molecule has 0 radical (unpaired) electrons. The maximum atomic E-state index is 11.9. The summed E-state index contributed by atoms with van der Waals surface area (Å²) >= 11 is 4.98. The second-order valence-electron chi connectivity index (χ2n) is 5.06. The molecule has 1 aromatic carbocycles. The number of halogens is 1. The van der Waals surface area contributed by atoms with E-state index in [-0.39, 0.29) is 18.5 Å². The molecule has 0 aliphatic carbocycles. The van der Waals surface area contributed by atoms with Crippen molar-refractivity contribution in [1.82, 2.24) is 9.96 Å². The molecule has 1 unspecified atom stereocenters. The molecule has 0 bridgehead atoms. The number of thiophene rings is 1. The average molecular weight is 367 g/mol. The Balaban J connectivity index is 1.94. The van der Waals surface area contributed by atoms with Gasteiger partial charge in [0.05, 0.1) is 10.3 Å². The van der Waals surface area contributed by atoms with Crippen LogP contribution in [0.4, 0.5) is 0 Å². The minimum absolute atomic E-state index is 0.0379. The van der Waals surface area contributed by atoms with Crippen LogP contribution in [0.5, 0.6) is 0 Å². The Kier molecular flexibility index (Phi) is 4.12. The molecule has 4 nitrogen and oxygen atoms in total. The van der Waals surface area contributed by atoms with Gasteiger partial charge in [-0.25, -0.2) is 5.06 Å². The summed E-state index contributed by atoms with van der Waals surface area (Å²) in [6, 6.07) is 12.0. The Bertz CT molecular complexity index is 646. The first kappa shape index (κ1) is 14.7. The number of carbonyl (C=O) groups excluding carboxylic acids is 1. The predicted molar refractivity (Wildman–Crippen MR) is 85.0 cm³/mol. The van der Waals surface area contributed by atoms with Gasteiger partial charge in [0.1, 0.15) is 6.17 Å². The molecule has 6 heteroatoms. The number of amides is 1. The van der Waals surface area contributed by atoms with Gasteiger partial charge >= 0.3 is 0 Å². The third kappa shape index (κ3) is 2.76. The Morgan fingerprint density at radius 3 is 2.71 bits per heavy atom. The molecule has 0 spiro atoms. The SMILES string of the molecule is C[C@@H](c1ccccc1)N1CC(=O)N(O)C1c1csc(Br)c1. The molecular weight excluding hydrogens is 352 g/mol. The lowest BCUT2D eigenvalue weighted by atomic mass is 10.1. The van der Waals surface area contributed by atoms with Crippen molar-refractivity contribution in [1.29, 1.82) is 0 Å². The highest BCUT2D eigenvalue weighted by molar-refractivity contribution is 9.11. The van der Waals surface area contributed by atoms with E-state index in [1.54, 1.807) is 11.3 Å². The number of hydroxylamine groups is 2. The summed E-state index contributed by atoms with van der Waals surface area (Å²) in [4.78, 5) is 13.9. The summed E-state index contributed by atoms with van der Waals surface area (Å²) in [5, 5.41) is 12.9. The maximum Gasteiger partial charge on any atom is 0.262 e. The number of hydrogen-bond donors (Lipinski definition) is 1. The van der Waals surface area contributed by atoms with Crippen LogP contribution in [0.1, 0.15) is 30.3 Å². The van der Waals surface area contributed by atoms with Crippen LogP contribution < -0.4 is 0 Å². The minimum Gasteiger partial charge on any atom is -0.284 e. The smallest absolute Gasteiger partial charge is 0.262 e. The lowest BCUT2D eigenvalue weighted by Crippen LogP contribution is -2.31. The van der Waals surface area contributed by atoms with Crippen molar-refractivity contribution < 1.29 is 10.0 Å². The van der Waals surface area contributed by atoms with E-state index in [2.05, 4.69) is 22.9 Å². The zero-order valence-corrected chi connectivity index (χ0v) is 13.8. The molecule has 110 valence electrons. The number of benzene rings is 1. The van der Waals surface area contributed by atoms with E-state index in [0.717, 1.165) is 20.0 Å². The second kappa shape index (κ2) is 5.88. The fraction of sp³-hybridized carbons (Fsp3) is 0.267. The highest BCUT2D eigenvalue weighted by Crippen LogP contribution is 2.38. The average Bonchev–Trinajstić information content (AvgIpc) is 3.04. The molecule has 1 amide bonds. The number of carbonyl (C=O) groups is 1. The van der Waals surface area contributed by atoms with Gasteiger partial charge in [-0.15, -0.1) is 11.3 Å². The molecule has 21 heavy (non-hydrogen) atoms. The predicted octanol–water partition coefficient (Wildman–Crippen LogP) is 3.80. The standard InChI is InChI=1S/C15H15BrN2O2S/c1-10(11-5-3-2-4-6-11)17-8-14(19)18(20)15(17)12-7-13(16)21-9-12/h2-7,9-10,15,20H,8H2,1H3/t10-,15?/m0/s1. The highest BCUT2D eigenvalue weighted by atomic mass is 79.9. The molecule has 1 N–H and O–H groups in total. The van der Waals surface area contributed by atoms with Gasteiger partial charge in [0.25, 0.3) is 5.91 Å². The van der Waals surface area contributed by atoms with Crippen LogP contribution in [-0.4, -0.2) is 27.6 Å². The molecule has 2 atom stereocenters. The summed E-state index contributed by atoms with van der Waals surface area (Å²) in [5.41, 5.74) is 2.04. The molecule has 1 aliphatic heterocycles. The van der Waals surface area contributed by atoms with Gasteiger partial charge in [-0.05, 0) is 39.9 Å². The van der Waals surface area contributed by atoms with Crippen molar-refractivity contribution in [2.24, 2.45) is 0 Å². The van der Waals surface area contributed by atoms with Gasteiger partial charge in [-0.3, -0.25) is 14.9 Å². The second-order valence-corrected chi connectivity index (χ2v) is 7.35. The van der Waals surface area contributed by atoms with Crippen molar-refractivity contribution in [3.63, 3.8) is 0 Å². The van der Waals surface area contributed by atoms with Gasteiger partial charge in [-0.2, -0.15) is 0 Å². The van der Waals surface area contributed by atoms with Gasteiger partial charge in [0.15, 0.2) is 0 Å². The van der Waals surface area contributed by atoms with Crippen molar-refractivity contribution in [2.75, 3.05) is 6.54 Å². The van der Waals surface area contributed by atoms with Crippen LogP contribution in [0.25, 0.3) is 0 Å². The molecular formula is C15H15BrN2O2S. The quantitative estimate of drug-likeness (QED) is 0.840. The van der Waals surface area contributed by atoms with E-state index in [1.807, 2.05) is 46.7 Å². The Labute approximate surface area is 135 Å². The van der Waals surface area contributed by atoms with Crippen molar-refractivity contribution >= 4 is 33.2 Å². The first-order chi connectivity index (χ1) is 10.1. The Morgan fingerprint density at radius 1 is 1.38 bits per heavy atom. The monoisotopic (exact) mass is 366 g/mol. The van der Waals surface area contributed by atoms with E-state index in [0.29, 0.717) is 0 Å². The molecule has 1 saturated heterocycles. The third-order valence-electron chi connectivity index (χ3n) is 3.78. The summed E-state index contributed by atoms with van der Waals surface area (Å²) in [7, 11) is 0. The van der Waals surface area contributed by atoms with E-state index in [1.165, 1.54) is 0 Å². The minimum atomic E-state index is -0.435. The fourth-order valence-corrected chi connectivity index (χ4v) is 3.84. The van der Waals surface area contributed by atoms with E-state index in [9.17, 15) is 10.0 Å². The Hall–Kier alpha value is -1.21. The maximum absolute atomic E-state index is 11.9. The molecule has 1 fully saturated rings. The number of nitrogens with zero attached hydrogens (tertiary/aromatic N) is 2. The summed E-state index contributed by atoms with van der Waals surface area (Å²) in [6.45, 7) is 2.26. The third-order valence-corrected chi connectivity index (χ3v) is 5.31. The molecule has 1 aromatic heterocycles. The zero-order chi connectivity index (χ0) is 15.0. The van der Waals surface area contributed by atoms with Crippen molar-refractivity contribution in [2.45, 2.75) is 19.1 Å². The Morgan fingerprint density at radius 2 is 2.10 bits per heavy atom. The highest BCUT2D eigenvalue weighted by Gasteiger charge is 2.41. The van der Waals surface area contributed by atoms with Crippen molar-refractivity contribution in [3.8, 4) is 0 Å². The normalized spacial score (nSPS) is 21.0. The van der Waals surface area contributed by atoms with E-state index >= 15 is 0 Å². The molecule has 2 heterocycles. The van der Waals surface area contributed by atoms with Gasteiger partial charge in [0, 0.05) is 11.6 Å². The van der Waals surface area contributed by atoms with Gasteiger partial charge < -0.3 is 0 Å². The lowest BCUT2D eigenvalue weighted by molar-refractivity contribution is -0.171. The molecule has 2 aromatic rings. The van der Waals surface area contributed by atoms with E-state index in [4.69, 9.17) is 0 Å². The van der Waals surface area contributed by atoms with Crippen LogP contribution in [0.2, 0.25) is 0 Å². The van der Waals surface area contributed by atoms with E-state index < -0.39 is 6.17 Å². The van der Waals surface area contributed by atoms with Crippen LogP contribution in [-0.2, 0) is 4.79 Å². The van der Waals surface area contributed by atoms with Gasteiger partial charge in [0.2, 0.25) is 0 Å². The van der Waals surface area contributed by atoms with Crippen molar-refractivity contribution in [3.05, 3.63) is 56.7 Å².